The number of rotatable bonds is 2. The quantitative estimate of drug-likeness (QED) is 0.746. The summed E-state index contributed by atoms with van der Waals surface area (Å²) in [4.78, 5) is 12.0. The van der Waals surface area contributed by atoms with E-state index in [1.807, 2.05) is 0 Å². The van der Waals surface area contributed by atoms with Gasteiger partial charge in [-0.15, -0.1) is 0 Å². The number of carbonyl (C=O) groups is 1. The van der Waals surface area contributed by atoms with Gasteiger partial charge in [0.1, 0.15) is 17.5 Å². The second kappa shape index (κ2) is 5.17. The molecule has 0 unspecified atom stereocenters. The van der Waals surface area contributed by atoms with E-state index in [0.29, 0.717) is 5.56 Å². The minimum atomic E-state index is -0.987. The van der Waals surface area contributed by atoms with Crippen LogP contribution in [0.5, 0.6) is 0 Å². The fourth-order valence-corrected chi connectivity index (χ4v) is 2.17. The van der Waals surface area contributed by atoms with Gasteiger partial charge in [0.15, 0.2) is 5.78 Å². The fraction of sp³-hybridized carbons (Fsp3) is 0.0714. The molecule has 2 rings (SSSR count). The Hall–Kier alpha value is -1.62. The largest absolute Gasteiger partial charge is 0.288 e. The Morgan fingerprint density at radius 3 is 2.11 bits per heavy atom. The second-order valence-electron chi connectivity index (χ2n) is 4.09. The maximum Gasteiger partial charge on any atom is 0.199 e. The van der Waals surface area contributed by atoms with Crippen LogP contribution in [0.25, 0.3) is 0 Å². The van der Waals surface area contributed by atoms with Gasteiger partial charge in [-0.1, -0.05) is 15.9 Å². The molecule has 0 aliphatic heterocycles. The van der Waals surface area contributed by atoms with Crippen molar-refractivity contribution < 1.29 is 18.0 Å². The maximum absolute atomic E-state index is 13.7. The van der Waals surface area contributed by atoms with Gasteiger partial charge in [-0.3, -0.25) is 4.79 Å². The van der Waals surface area contributed by atoms with Crippen LogP contribution in [0.4, 0.5) is 13.2 Å². The van der Waals surface area contributed by atoms with E-state index in [4.69, 9.17) is 0 Å². The molecule has 2 aromatic rings. The van der Waals surface area contributed by atoms with Gasteiger partial charge >= 0.3 is 0 Å². The first-order valence-electron chi connectivity index (χ1n) is 5.35. The zero-order chi connectivity index (χ0) is 14.2. The van der Waals surface area contributed by atoms with Gasteiger partial charge in [0.2, 0.25) is 0 Å². The summed E-state index contributed by atoms with van der Waals surface area (Å²) in [6, 6.07) is 5.54. The average molecular weight is 329 g/mol. The maximum atomic E-state index is 13.7. The molecule has 2 aromatic carbocycles. The molecule has 0 saturated carbocycles. The molecular formula is C14H8BrF3O. The van der Waals surface area contributed by atoms with E-state index in [9.17, 15) is 18.0 Å². The van der Waals surface area contributed by atoms with Crippen molar-refractivity contribution in [3.63, 3.8) is 0 Å². The monoisotopic (exact) mass is 328 g/mol. The summed E-state index contributed by atoms with van der Waals surface area (Å²) in [6.07, 6.45) is 0. The van der Waals surface area contributed by atoms with Crippen molar-refractivity contribution in [1.29, 1.82) is 0 Å². The van der Waals surface area contributed by atoms with Crippen molar-refractivity contribution in [3.05, 3.63) is 68.9 Å². The second-order valence-corrected chi connectivity index (χ2v) is 5.01. The molecule has 0 N–H and O–H groups in total. The normalized spacial score (nSPS) is 10.6. The molecule has 0 heterocycles. The van der Waals surface area contributed by atoms with Gasteiger partial charge in [-0.25, -0.2) is 13.2 Å². The Bertz CT molecular complexity index is 624. The zero-order valence-corrected chi connectivity index (χ0v) is 11.4. The first-order chi connectivity index (χ1) is 8.88. The van der Waals surface area contributed by atoms with Crippen LogP contribution in [0.2, 0.25) is 0 Å². The molecule has 0 bridgehead atoms. The Morgan fingerprint density at radius 1 is 1.00 bits per heavy atom. The first kappa shape index (κ1) is 13.8. The molecule has 0 amide bonds. The third kappa shape index (κ3) is 2.87. The highest BCUT2D eigenvalue weighted by atomic mass is 79.9. The lowest BCUT2D eigenvalue weighted by molar-refractivity contribution is 0.103. The van der Waals surface area contributed by atoms with Gasteiger partial charge in [-0.2, -0.15) is 0 Å². The Balaban J connectivity index is 2.56. The van der Waals surface area contributed by atoms with Crippen LogP contribution in [-0.2, 0) is 0 Å². The van der Waals surface area contributed by atoms with Gasteiger partial charge in [0, 0.05) is 10.0 Å². The van der Waals surface area contributed by atoms with Crippen molar-refractivity contribution in [2.24, 2.45) is 0 Å². The van der Waals surface area contributed by atoms with E-state index >= 15 is 0 Å². The Kier molecular flexibility index (Phi) is 3.75. The minimum absolute atomic E-state index is 0.0855. The molecule has 0 fully saturated rings. The summed E-state index contributed by atoms with van der Waals surface area (Å²) in [5.41, 5.74) is -0.271. The summed E-state index contributed by atoms with van der Waals surface area (Å²) >= 11 is 2.92. The molecule has 0 aliphatic carbocycles. The highest BCUT2D eigenvalue weighted by Crippen LogP contribution is 2.23. The Labute approximate surface area is 116 Å². The van der Waals surface area contributed by atoms with E-state index < -0.39 is 28.8 Å². The molecule has 0 atom stereocenters. The molecule has 5 heteroatoms. The van der Waals surface area contributed by atoms with Crippen LogP contribution < -0.4 is 0 Å². The van der Waals surface area contributed by atoms with E-state index in [-0.39, 0.29) is 10.0 Å². The predicted molar refractivity (Wildman–Crippen MR) is 68.6 cm³/mol. The number of benzene rings is 2. The van der Waals surface area contributed by atoms with Crippen molar-refractivity contribution in [2.45, 2.75) is 6.92 Å². The van der Waals surface area contributed by atoms with Gasteiger partial charge in [0.25, 0.3) is 0 Å². The van der Waals surface area contributed by atoms with Crippen LogP contribution in [-0.4, -0.2) is 5.78 Å². The van der Waals surface area contributed by atoms with Crippen LogP contribution in [0.1, 0.15) is 21.5 Å². The molecular weight excluding hydrogens is 321 g/mol. The molecule has 0 radical (unpaired) electrons. The number of ketones is 1. The number of hydrogen-bond acceptors (Lipinski definition) is 1. The lowest BCUT2D eigenvalue weighted by Crippen LogP contribution is -2.08. The lowest BCUT2D eigenvalue weighted by Gasteiger charge is -2.06. The first-order valence-corrected chi connectivity index (χ1v) is 6.14. The van der Waals surface area contributed by atoms with Crippen LogP contribution in [0.15, 0.2) is 34.8 Å². The van der Waals surface area contributed by atoms with E-state index in [1.165, 1.54) is 12.1 Å². The summed E-state index contributed by atoms with van der Waals surface area (Å²) < 4.78 is 40.7. The highest BCUT2D eigenvalue weighted by molar-refractivity contribution is 9.10. The van der Waals surface area contributed by atoms with Crippen LogP contribution in [0, 0.1) is 24.4 Å². The van der Waals surface area contributed by atoms with E-state index in [1.54, 1.807) is 6.92 Å². The number of halogens is 4. The van der Waals surface area contributed by atoms with E-state index in [2.05, 4.69) is 15.9 Å². The third-order valence-electron chi connectivity index (χ3n) is 2.54. The van der Waals surface area contributed by atoms with Crippen LogP contribution in [0.3, 0.4) is 0 Å². The average Bonchev–Trinajstić information content (AvgIpc) is 2.25. The predicted octanol–water partition coefficient (Wildman–Crippen LogP) is 4.41. The van der Waals surface area contributed by atoms with Crippen LogP contribution >= 0.6 is 15.9 Å². The van der Waals surface area contributed by atoms with Crippen molar-refractivity contribution in [2.75, 3.05) is 0 Å². The molecule has 1 nitrogen and oxygen atoms in total. The standard InChI is InChI=1S/C14H8BrF3O/c1-7-2-8(4-10(16)3-7)14(19)13-11(17)5-9(15)6-12(13)18/h2-6H,1H3. The number of hydrogen-bond donors (Lipinski definition) is 0. The third-order valence-corrected chi connectivity index (χ3v) is 3.00. The van der Waals surface area contributed by atoms with Gasteiger partial charge < -0.3 is 0 Å². The van der Waals surface area contributed by atoms with Crippen molar-refractivity contribution >= 4 is 21.7 Å². The van der Waals surface area contributed by atoms with Crippen molar-refractivity contribution in [3.8, 4) is 0 Å². The lowest BCUT2D eigenvalue weighted by atomic mass is 10.0. The molecule has 0 saturated heterocycles. The molecule has 0 spiro atoms. The zero-order valence-electron chi connectivity index (χ0n) is 9.81. The fourth-order valence-electron chi connectivity index (χ4n) is 1.77. The van der Waals surface area contributed by atoms with Gasteiger partial charge in [-0.05, 0) is 42.8 Å². The summed E-state index contributed by atoms with van der Waals surface area (Å²) in [7, 11) is 0. The highest BCUT2D eigenvalue weighted by Gasteiger charge is 2.20. The molecule has 98 valence electrons. The minimum Gasteiger partial charge on any atom is -0.288 e. The molecule has 0 aliphatic rings. The molecule has 0 aromatic heterocycles. The van der Waals surface area contributed by atoms with Crippen molar-refractivity contribution in [1.82, 2.24) is 0 Å². The SMILES string of the molecule is Cc1cc(F)cc(C(=O)c2c(F)cc(Br)cc2F)c1. The van der Waals surface area contributed by atoms with E-state index in [0.717, 1.165) is 18.2 Å². The number of aryl methyl sites for hydroxylation is 1. The topological polar surface area (TPSA) is 17.1 Å². The number of carbonyl (C=O) groups excluding carboxylic acids is 1. The summed E-state index contributed by atoms with van der Waals surface area (Å²) in [5.74, 6) is -3.48. The summed E-state index contributed by atoms with van der Waals surface area (Å²) in [5, 5.41) is 0. The summed E-state index contributed by atoms with van der Waals surface area (Å²) in [6.45, 7) is 1.59. The van der Waals surface area contributed by atoms with Gasteiger partial charge in [0.05, 0.1) is 5.56 Å². The Morgan fingerprint density at radius 2 is 1.58 bits per heavy atom. The smallest absolute Gasteiger partial charge is 0.199 e. The molecule has 19 heavy (non-hydrogen) atoms.